The number of benzene rings is 2. The van der Waals surface area contributed by atoms with Gasteiger partial charge in [-0.3, -0.25) is 0 Å². The Morgan fingerprint density at radius 3 is 2.28 bits per heavy atom. The Morgan fingerprint density at radius 1 is 0.944 bits per heavy atom. The SMILES string of the molecule is CCc1ccc(CC[CH]c2ccccc2Br)cc1. The van der Waals surface area contributed by atoms with Crippen molar-refractivity contribution in [3.63, 3.8) is 0 Å². The van der Waals surface area contributed by atoms with Crippen molar-refractivity contribution >= 4 is 15.9 Å². The average molecular weight is 302 g/mol. The highest BCUT2D eigenvalue weighted by molar-refractivity contribution is 9.10. The minimum absolute atomic E-state index is 1.08. The smallest absolute Gasteiger partial charge is 0.0210 e. The van der Waals surface area contributed by atoms with Crippen molar-refractivity contribution in [1.82, 2.24) is 0 Å². The van der Waals surface area contributed by atoms with Crippen LogP contribution >= 0.6 is 15.9 Å². The Hall–Kier alpha value is -1.08. The average Bonchev–Trinajstić information content (AvgIpc) is 2.42. The van der Waals surface area contributed by atoms with Gasteiger partial charge in [0.1, 0.15) is 0 Å². The van der Waals surface area contributed by atoms with Gasteiger partial charge in [-0.2, -0.15) is 0 Å². The quantitative estimate of drug-likeness (QED) is 0.712. The van der Waals surface area contributed by atoms with Crippen LogP contribution in [-0.2, 0) is 12.8 Å². The third-order valence-electron chi connectivity index (χ3n) is 3.13. The van der Waals surface area contributed by atoms with Crippen LogP contribution in [0, 0.1) is 6.42 Å². The summed E-state index contributed by atoms with van der Waals surface area (Å²) < 4.78 is 1.17. The van der Waals surface area contributed by atoms with Crippen molar-refractivity contribution < 1.29 is 0 Å². The van der Waals surface area contributed by atoms with E-state index in [0.29, 0.717) is 0 Å². The number of halogens is 1. The second kappa shape index (κ2) is 6.75. The van der Waals surface area contributed by atoms with Gasteiger partial charge < -0.3 is 0 Å². The fraction of sp³-hybridized carbons (Fsp3) is 0.235. The summed E-state index contributed by atoms with van der Waals surface area (Å²) in [6.45, 7) is 2.19. The Labute approximate surface area is 118 Å². The number of hydrogen-bond donors (Lipinski definition) is 0. The van der Waals surface area contributed by atoms with Crippen LogP contribution in [0.2, 0.25) is 0 Å². The molecule has 93 valence electrons. The lowest BCUT2D eigenvalue weighted by Crippen LogP contribution is -1.89. The van der Waals surface area contributed by atoms with E-state index in [2.05, 4.69) is 71.7 Å². The van der Waals surface area contributed by atoms with Gasteiger partial charge in [-0.1, -0.05) is 65.3 Å². The molecule has 0 heterocycles. The third kappa shape index (κ3) is 3.71. The lowest BCUT2D eigenvalue weighted by atomic mass is 10.0. The van der Waals surface area contributed by atoms with E-state index in [-0.39, 0.29) is 0 Å². The second-order valence-electron chi connectivity index (χ2n) is 4.43. The fourth-order valence-electron chi connectivity index (χ4n) is 1.98. The van der Waals surface area contributed by atoms with E-state index >= 15 is 0 Å². The second-order valence-corrected chi connectivity index (χ2v) is 5.29. The lowest BCUT2D eigenvalue weighted by Gasteiger charge is -2.05. The van der Waals surface area contributed by atoms with E-state index in [1.54, 1.807) is 0 Å². The molecule has 0 aliphatic carbocycles. The summed E-state index contributed by atoms with van der Waals surface area (Å²) in [5, 5.41) is 0. The van der Waals surface area contributed by atoms with Gasteiger partial charge in [0.2, 0.25) is 0 Å². The van der Waals surface area contributed by atoms with Crippen molar-refractivity contribution in [3.05, 3.63) is 76.1 Å². The van der Waals surface area contributed by atoms with Crippen molar-refractivity contribution in [2.45, 2.75) is 26.2 Å². The monoisotopic (exact) mass is 301 g/mol. The zero-order valence-electron chi connectivity index (χ0n) is 10.7. The Bertz CT molecular complexity index is 485. The molecule has 0 atom stereocenters. The Morgan fingerprint density at radius 2 is 1.61 bits per heavy atom. The van der Waals surface area contributed by atoms with Crippen molar-refractivity contribution in [2.24, 2.45) is 0 Å². The first kappa shape index (κ1) is 13.4. The Kier molecular flexibility index (Phi) is 5.00. The van der Waals surface area contributed by atoms with Crippen LogP contribution in [0.5, 0.6) is 0 Å². The van der Waals surface area contributed by atoms with Crippen LogP contribution in [0.3, 0.4) is 0 Å². The van der Waals surface area contributed by atoms with Crippen molar-refractivity contribution in [1.29, 1.82) is 0 Å². The first-order valence-electron chi connectivity index (χ1n) is 6.45. The lowest BCUT2D eigenvalue weighted by molar-refractivity contribution is 0.946. The molecule has 0 saturated carbocycles. The van der Waals surface area contributed by atoms with Crippen LogP contribution in [0.25, 0.3) is 0 Å². The van der Waals surface area contributed by atoms with Crippen LogP contribution in [0.15, 0.2) is 53.0 Å². The zero-order chi connectivity index (χ0) is 12.8. The summed E-state index contributed by atoms with van der Waals surface area (Å²) >= 11 is 3.57. The van der Waals surface area contributed by atoms with Gasteiger partial charge in [0.15, 0.2) is 0 Å². The van der Waals surface area contributed by atoms with E-state index in [0.717, 1.165) is 19.3 Å². The van der Waals surface area contributed by atoms with Crippen LogP contribution < -0.4 is 0 Å². The molecule has 0 bridgehead atoms. The maximum atomic E-state index is 3.57. The molecule has 0 spiro atoms. The summed E-state index contributed by atoms with van der Waals surface area (Å²) in [4.78, 5) is 0. The first-order chi connectivity index (χ1) is 8.79. The molecule has 0 aliphatic rings. The molecule has 0 aliphatic heterocycles. The van der Waals surface area contributed by atoms with Gasteiger partial charge in [0.25, 0.3) is 0 Å². The maximum Gasteiger partial charge on any atom is 0.0210 e. The van der Waals surface area contributed by atoms with E-state index in [1.807, 2.05) is 6.07 Å². The van der Waals surface area contributed by atoms with Gasteiger partial charge in [0, 0.05) is 4.47 Å². The van der Waals surface area contributed by atoms with E-state index in [9.17, 15) is 0 Å². The molecule has 1 heteroatoms. The summed E-state index contributed by atoms with van der Waals surface area (Å²) in [7, 11) is 0. The van der Waals surface area contributed by atoms with Gasteiger partial charge in [0.05, 0.1) is 0 Å². The highest BCUT2D eigenvalue weighted by Crippen LogP contribution is 2.19. The standard InChI is InChI=1S/C17H18Br/c1-2-14-10-12-15(13-11-14)6-5-8-16-7-3-4-9-17(16)18/h3-4,7-13H,2,5-6H2,1H3. The molecule has 2 rings (SSSR count). The fourth-order valence-corrected chi connectivity index (χ4v) is 2.42. The summed E-state index contributed by atoms with van der Waals surface area (Å²) in [5.74, 6) is 0. The van der Waals surface area contributed by atoms with E-state index < -0.39 is 0 Å². The van der Waals surface area contributed by atoms with Gasteiger partial charge in [-0.05, 0) is 48.4 Å². The number of hydrogen-bond acceptors (Lipinski definition) is 0. The number of aryl methyl sites for hydroxylation is 2. The third-order valence-corrected chi connectivity index (χ3v) is 3.86. The molecule has 0 saturated heterocycles. The van der Waals surface area contributed by atoms with E-state index in [4.69, 9.17) is 0 Å². The highest BCUT2D eigenvalue weighted by atomic mass is 79.9. The molecular weight excluding hydrogens is 284 g/mol. The maximum absolute atomic E-state index is 3.57. The molecule has 0 unspecified atom stereocenters. The molecule has 0 fully saturated rings. The molecular formula is C17H18Br. The first-order valence-corrected chi connectivity index (χ1v) is 7.24. The van der Waals surface area contributed by atoms with Crippen LogP contribution in [0.4, 0.5) is 0 Å². The van der Waals surface area contributed by atoms with E-state index in [1.165, 1.54) is 21.2 Å². The summed E-state index contributed by atoms with van der Waals surface area (Å²) in [5.41, 5.74) is 4.10. The molecule has 0 N–H and O–H groups in total. The molecule has 2 aromatic carbocycles. The predicted octanol–water partition coefficient (Wildman–Crippen LogP) is 5.20. The number of rotatable bonds is 5. The summed E-state index contributed by atoms with van der Waals surface area (Å²) in [6.07, 6.45) is 5.58. The minimum atomic E-state index is 1.08. The minimum Gasteiger partial charge on any atom is -0.0619 e. The summed E-state index contributed by atoms with van der Waals surface area (Å²) in [6, 6.07) is 17.3. The van der Waals surface area contributed by atoms with Crippen LogP contribution in [-0.4, -0.2) is 0 Å². The molecule has 0 nitrogen and oxygen atoms in total. The van der Waals surface area contributed by atoms with Crippen molar-refractivity contribution in [3.8, 4) is 0 Å². The largest absolute Gasteiger partial charge is 0.0619 e. The molecule has 1 radical (unpaired) electrons. The van der Waals surface area contributed by atoms with Gasteiger partial charge >= 0.3 is 0 Å². The Balaban J connectivity index is 1.86. The zero-order valence-corrected chi connectivity index (χ0v) is 12.3. The van der Waals surface area contributed by atoms with Crippen LogP contribution in [0.1, 0.15) is 30.0 Å². The topological polar surface area (TPSA) is 0 Å². The molecule has 18 heavy (non-hydrogen) atoms. The van der Waals surface area contributed by atoms with Gasteiger partial charge in [-0.15, -0.1) is 0 Å². The highest BCUT2D eigenvalue weighted by Gasteiger charge is 1.99. The van der Waals surface area contributed by atoms with Crippen molar-refractivity contribution in [2.75, 3.05) is 0 Å². The molecule has 2 aromatic rings. The molecule has 0 amide bonds. The predicted molar refractivity (Wildman–Crippen MR) is 81.7 cm³/mol. The van der Waals surface area contributed by atoms with Gasteiger partial charge in [-0.25, -0.2) is 0 Å². The molecule has 0 aromatic heterocycles. The normalized spacial score (nSPS) is 10.6.